The summed E-state index contributed by atoms with van der Waals surface area (Å²) in [5.41, 5.74) is 7.29. The molecule has 1 unspecified atom stereocenters. The summed E-state index contributed by atoms with van der Waals surface area (Å²) < 4.78 is 13.7. The van der Waals surface area contributed by atoms with Gasteiger partial charge >= 0.3 is 0 Å². The van der Waals surface area contributed by atoms with Gasteiger partial charge in [-0.05, 0) is 42.3 Å². The number of nitrogens with two attached hydrogens (primary N) is 1. The average Bonchev–Trinajstić information content (AvgIpc) is 2.36. The molecule has 2 N–H and O–H groups in total. The van der Waals surface area contributed by atoms with Crippen LogP contribution in [-0.2, 0) is 6.42 Å². The Balaban J connectivity index is 2.22. The maximum atomic E-state index is 13.7. The van der Waals surface area contributed by atoms with Crippen molar-refractivity contribution in [3.05, 3.63) is 68.4 Å². The molecule has 0 aliphatic rings. The minimum absolute atomic E-state index is 0.364. The fraction of sp³-hybridized carbons (Fsp3) is 0.143. The predicted octanol–water partition coefficient (Wildman–Crippen LogP) is 5.03. The molecule has 0 aliphatic heterocycles. The lowest BCUT2D eigenvalue weighted by Crippen LogP contribution is -2.15. The van der Waals surface area contributed by atoms with Crippen molar-refractivity contribution >= 4 is 34.8 Å². The van der Waals surface area contributed by atoms with Crippen molar-refractivity contribution in [2.24, 2.45) is 5.73 Å². The van der Waals surface area contributed by atoms with E-state index in [1.165, 1.54) is 12.1 Å². The highest BCUT2D eigenvalue weighted by molar-refractivity contribution is 6.42. The fourth-order valence-electron chi connectivity index (χ4n) is 1.83. The minimum Gasteiger partial charge on any atom is -0.324 e. The van der Waals surface area contributed by atoms with E-state index in [4.69, 9.17) is 40.5 Å². The van der Waals surface area contributed by atoms with Gasteiger partial charge in [0.25, 0.3) is 0 Å². The molecule has 0 saturated carbocycles. The molecule has 2 aromatic rings. The van der Waals surface area contributed by atoms with Crippen LogP contribution in [0.2, 0.25) is 15.1 Å². The van der Waals surface area contributed by atoms with Crippen molar-refractivity contribution in [2.45, 2.75) is 12.5 Å². The summed E-state index contributed by atoms with van der Waals surface area (Å²) in [5.74, 6) is -0.364. The van der Waals surface area contributed by atoms with E-state index in [1.54, 1.807) is 18.2 Å². The number of halogens is 4. The summed E-state index contributed by atoms with van der Waals surface area (Å²) in [7, 11) is 0. The van der Waals surface area contributed by atoms with Gasteiger partial charge in [-0.3, -0.25) is 0 Å². The zero-order valence-corrected chi connectivity index (χ0v) is 12.1. The van der Waals surface area contributed by atoms with E-state index in [0.29, 0.717) is 27.1 Å². The quantitative estimate of drug-likeness (QED) is 0.844. The van der Waals surface area contributed by atoms with Gasteiger partial charge in [0.1, 0.15) is 5.82 Å². The first-order chi connectivity index (χ1) is 8.97. The third-order valence-electron chi connectivity index (χ3n) is 2.80. The first kappa shape index (κ1) is 14.6. The molecular weight excluding hydrogens is 308 g/mol. The number of rotatable bonds is 3. The molecule has 100 valence electrons. The van der Waals surface area contributed by atoms with Crippen LogP contribution in [0.25, 0.3) is 0 Å². The number of hydrogen-bond acceptors (Lipinski definition) is 1. The molecule has 2 aromatic carbocycles. The molecule has 19 heavy (non-hydrogen) atoms. The topological polar surface area (TPSA) is 26.0 Å². The van der Waals surface area contributed by atoms with Crippen molar-refractivity contribution in [1.82, 2.24) is 0 Å². The average molecular weight is 319 g/mol. The van der Waals surface area contributed by atoms with Crippen LogP contribution >= 0.6 is 34.8 Å². The Morgan fingerprint density at radius 2 is 1.74 bits per heavy atom. The van der Waals surface area contributed by atoms with E-state index in [-0.39, 0.29) is 5.82 Å². The van der Waals surface area contributed by atoms with Crippen LogP contribution in [0.4, 0.5) is 4.39 Å². The zero-order valence-electron chi connectivity index (χ0n) is 9.84. The lowest BCUT2D eigenvalue weighted by Gasteiger charge is -2.14. The van der Waals surface area contributed by atoms with Crippen molar-refractivity contribution in [1.29, 1.82) is 0 Å². The molecule has 0 bridgehead atoms. The Morgan fingerprint density at radius 3 is 2.42 bits per heavy atom. The van der Waals surface area contributed by atoms with Crippen LogP contribution in [-0.4, -0.2) is 0 Å². The van der Waals surface area contributed by atoms with E-state index in [9.17, 15) is 4.39 Å². The van der Waals surface area contributed by atoms with Gasteiger partial charge in [0.15, 0.2) is 0 Å². The summed E-state index contributed by atoms with van der Waals surface area (Å²) >= 11 is 17.6. The maximum Gasteiger partial charge on any atom is 0.128 e. The van der Waals surface area contributed by atoms with Gasteiger partial charge < -0.3 is 5.73 Å². The molecule has 0 amide bonds. The second-order valence-electron chi connectivity index (χ2n) is 4.22. The SMILES string of the molecule is NC(Cc1ccc(Cl)c(Cl)c1)c1cc(Cl)ccc1F. The Morgan fingerprint density at radius 1 is 1.00 bits per heavy atom. The summed E-state index contributed by atoms with van der Waals surface area (Å²) in [6.07, 6.45) is 0.453. The second-order valence-corrected chi connectivity index (χ2v) is 5.48. The van der Waals surface area contributed by atoms with Crippen LogP contribution < -0.4 is 5.73 Å². The summed E-state index contributed by atoms with van der Waals surface area (Å²) in [6, 6.07) is 9.09. The van der Waals surface area contributed by atoms with Crippen LogP contribution in [0.3, 0.4) is 0 Å². The van der Waals surface area contributed by atoms with Crippen LogP contribution in [0.1, 0.15) is 17.2 Å². The van der Waals surface area contributed by atoms with Crippen LogP contribution in [0.5, 0.6) is 0 Å². The highest BCUT2D eigenvalue weighted by atomic mass is 35.5. The molecule has 1 nitrogen and oxygen atoms in total. The summed E-state index contributed by atoms with van der Waals surface area (Å²) in [5, 5.41) is 1.40. The van der Waals surface area contributed by atoms with Gasteiger partial charge in [0.05, 0.1) is 10.0 Å². The standard InChI is InChI=1S/C14H11Cl3FN/c15-9-2-4-13(18)10(7-9)14(19)6-8-1-3-11(16)12(17)5-8/h1-5,7,14H,6,19H2. The largest absolute Gasteiger partial charge is 0.324 e. The molecule has 0 aliphatic carbocycles. The Hall–Kier alpha value is -0.800. The van der Waals surface area contributed by atoms with Crippen LogP contribution in [0.15, 0.2) is 36.4 Å². The van der Waals surface area contributed by atoms with Gasteiger partial charge in [-0.15, -0.1) is 0 Å². The minimum atomic E-state index is -0.490. The second kappa shape index (κ2) is 6.10. The third-order valence-corrected chi connectivity index (χ3v) is 3.77. The monoisotopic (exact) mass is 317 g/mol. The molecule has 0 spiro atoms. The van der Waals surface area contributed by atoms with Crippen molar-refractivity contribution in [3.8, 4) is 0 Å². The summed E-state index contributed by atoms with van der Waals surface area (Å²) in [4.78, 5) is 0. The Kier molecular flexibility index (Phi) is 4.69. The van der Waals surface area contributed by atoms with Gasteiger partial charge in [0.2, 0.25) is 0 Å². The molecule has 0 fully saturated rings. The van der Waals surface area contributed by atoms with Crippen molar-refractivity contribution < 1.29 is 4.39 Å². The van der Waals surface area contributed by atoms with E-state index in [1.807, 2.05) is 6.07 Å². The lowest BCUT2D eigenvalue weighted by molar-refractivity contribution is 0.580. The van der Waals surface area contributed by atoms with E-state index < -0.39 is 6.04 Å². The highest BCUT2D eigenvalue weighted by Gasteiger charge is 2.13. The molecular formula is C14H11Cl3FN. The first-order valence-electron chi connectivity index (χ1n) is 5.62. The Labute approximate surface area is 126 Å². The molecule has 2 rings (SSSR count). The fourth-order valence-corrected chi connectivity index (χ4v) is 2.33. The number of benzene rings is 2. The van der Waals surface area contributed by atoms with Crippen molar-refractivity contribution in [2.75, 3.05) is 0 Å². The summed E-state index contributed by atoms with van der Waals surface area (Å²) in [6.45, 7) is 0. The lowest BCUT2D eigenvalue weighted by atomic mass is 9.99. The smallest absolute Gasteiger partial charge is 0.128 e. The highest BCUT2D eigenvalue weighted by Crippen LogP contribution is 2.26. The van der Waals surface area contributed by atoms with E-state index in [0.717, 1.165) is 5.56 Å². The van der Waals surface area contributed by atoms with Crippen LogP contribution in [0, 0.1) is 5.82 Å². The molecule has 5 heteroatoms. The van der Waals surface area contributed by atoms with Gasteiger partial charge in [0, 0.05) is 16.6 Å². The zero-order chi connectivity index (χ0) is 14.0. The molecule has 0 heterocycles. The molecule has 0 saturated heterocycles. The van der Waals surface area contributed by atoms with Gasteiger partial charge in [-0.25, -0.2) is 4.39 Å². The molecule has 1 atom stereocenters. The van der Waals surface area contributed by atoms with Gasteiger partial charge in [-0.2, -0.15) is 0 Å². The molecule has 0 radical (unpaired) electrons. The predicted molar refractivity (Wildman–Crippen MR) is 78.5 cm³/mol. The molecule has 0 aromatic heterocycles. The Bertz CT molecular complexity index is 601. The maximum absolute atomic E-state index is 13.7. The van der Waals surface area contributed by atoms with E-state index >= 15 is 0 Å². The normalized spacial score (nSPS) is 12.5. The van der Waals surface area contributed by atoms with E-state index in [2.05, 4.69) is 0 Å². The van der Waals surface area contributed by atoms with Gasteiger partial charge in [-0.1, -0.05) is 40.9 Å². The third kappa shape index (κ3) is 3.61. The first-order valence-corrected chi connectivity index (χ1v) is 6.75. The number of hydrogen-bond donors (Lipinski definition) is 1. The van der Waals surface area contributed by atoms with Crippen molar-refractivity contribution in [3.63, 3.8) is 0 Å².